The average molecular weight is 256 g/mol. The van der Waals surface area contributed by atoms with Gasteiger partial charge in [0.25, 0.3) is 0 Å². The number of aliphatic carboxylic acids is 1. The molecule has 0 aromatic carbocycles. The minimum absolute atomic E-state index is 0.0194. The van der Waals surface area contributed by atoms with Crippen molar-refractivity contribution in [2.24, 2.45) is 11.8 Å². The molecule has 0 bridgehead atoms. The molecular formula is C13H24N2O3. The summed E-state index contributed by atoms with van der Waals surface area (Å²) in [6, 6.07) is 0. The van der Waals surface area contributed by atoms with Crippen LogP contribution in [0.3, 0.4) is 0 Å². The second-order valence-electron chi connectivity index (χ2n) is 4.86. The van der Waals surface area contributed by atoms with Crippen LogP contribution >= 0.6 is 0 Å². The van der Waals surface area contributed by atoms with Gasteiger partial charge in [0.1, 0.15) is 0 Å². The van der Waals surface area contributed by atoms with Gasteiger partial charge in [0.05, 0.1) is 5.92 Å². The number of hydrogen-bond acceptors (Lipinski definition) is 3. The fourth-order valence-corrected chi connectivity index (χ4v) is 2.47. The molecule has 2 atom stereocenters. The van der Waals surface area contributed by atoms with Crippen LogP contribution in [0.2, 0.25) is 0 Å². The van der Waals surface area contributed by atoms with Gasteiger partial charge in [0.2, 0.25) is 5.91 Å². The maximum Gasteiger partial charge on any atom is 0.306 e. The van der Waals surface area contributed by atoms with Crippen LogP contribution in [0, 0.1) is 11.8 Å². The number of carboxylic acid groups (broad SMARTS) is 1. The molecule has 5 heteroatoms. The summed E-state index contributed by atoms with van der Waals surface area (Å²) in [5.74, 6) is -1.19. The third kappa shape index (κ3) is 4.29. The highest BCUT2D eigenvalue weighted by Gasteiger charge is 2.33. The predicted molar refractivity (Wildman–Crippen MR) is 69.3 cm³/mol. The Kier molecular flexibility index (Phi) is 6.12. The molecule has 0 spiro atoms. The Morgan fingerprint density at radius 2 is 1.83 bits per heavy atom. The number of amides is 1. The standard InChI is InChI=1S/C13H24N2O3/c1-3-15(4-2)8-7-14-12(16)10-5-6-11(9-10)13(17)18/h10-11H,3-9H2,1-2H3,(H,14,16)(H,17,18)/t10-,11+/m1/s1. The van der Waals surface area contributed by atoms with Crippen LogP contribution in [0.5, 0.6) is 0 Å². The molecule has 18 heavy (non-hydrogen) atoms. The number of rotatable bonds is 7. The van der Waals surface area contributed by atoms with Gasteiger partial charge >= 0.3 is 5.97 Å². The highest BCUT2D eigenvalue weighted by Crippen LogP contribution is 2.30. The van der Waals surface area contributed by atoms with Gasteiger partial charge in [0.15, 0.2) is 0 Å². The molecule has 1 aliphatic carbocycles. The van der Waals surface area contributed by atoms with E-state index in [4.69, 9.17) is 5.11 Å². The van der Waals surface area contributed by atoms with Gasteiger partial charge in [-0.2, -0.15) is 0 Å². The van der Waals surface area contributed by atoms with Gasteiger partial charge in [-0.1, -0.05) is 13.8 Å². The van der Waals surface area contributed by atoms with E-state index in [1.807, 2.05) is 0 Å². The molecule has 2 N–H and O–H groups in total. The first kappa shape index (κ1) is 15.0. The highest BCUT2D eigenvalue weighted by atomic mass is 16.4. The van der Waals surface area contributed by atoms with Gasteiger partial charge in [0, 0.05) is 19.0 Å². The molecule has 0 aromatic rings. The maximum atomic E-state index is 11.8. The van der Waals surface area contributed by atoms with E-state index < -0.39 is 5.97 Å². The summed E-state index contributed by atoms with van der Waals surface area (Å²) in [5.41, 5.74) is 0. The molecule has 1 saturated carbocycles. The summed E-state index contributed by atoms with van der Waals surface area (Å²) in [6.07, 6.45) is 1.82. The zero-order valence-corrected chi connectivity index (χ0v) is 11.3. The fourth-order valence-electron chi connectivity index (χ4n) is 2.47. The molecule has 104 valence electrons. The maximum absolute atomic E-state index is 11.8. The van der Waals surface area contributed by atoms with Crippen molar-refractivity contribution in [2.75, 3.05) is 26.2 Å². The first-order chi connectivity index (χ1) is 8.58. The number of nitrogens with zero attached hydrogens (tertiary/aromatic N) is 1. The Morgan fingerprint density at radius 3 is 2.33 bits per heavy atom. The van der Waals surface area contributed by atoms with Crippen molar-refractivity contribution < 1.29 is 14.7 Å². The van der Waals surface area contributed by atoms with Crippen molar-refractivity contribution in [3.8, 4) is 0 Å². The summed E-state index contributed by atoms with van der Waals surface area (Å²) >= 11 is 0. The van der Waals surface area contributed by atoms with E-state index in [-0.39, 0.29) is 17.7 Å². The second-order valence-corrected chi connectivity index (χ2v) is 4.86. The number of carbonyl (C=O) groups excluding carboxylic acids is 1. The number of nitrogens with one attached hydrogen (secondary N) is 1. The molecule has 0 heterocycles. The van der Waals surface area contributed by atoms with Crippen LogP contribution in [-0.4, -0.2) is 48.1 Å². The third-order valence-corrected chi connectivity index (χ3v) is 3.77. The second kappa shape index (κ2) is 7.36. The minimum atomic E-state index is -0.770. The number of carboxylic acids is 1. The van der Waals surface area contributed by atoms with Crippen LogP contribution in [0.4, 0.5) is 0 Å². The van der Waals surface area contributed by atoms with E-state index in [0.717, 1.165) is 19.6 Å². The summed E-state index contributed by atoms with van der Waals surface area (Å²) in [6.45, 7) is 7.66. The first-order valence-electron chi connectivity index (χ1n) is 6.81. The first-order valence-corrected chi connectivity index (χ1v) is 6.81. The lowest BCUT2D eigenvalue weighted by molar-refractivity contribution is -0.141. The van der Waals surface area contributed by atoms with Gasteiger partial charge in [-0.25, -0.2) is 0 Å². The summed E-state index contributed by atoms with van der Waals surface area (Å²) in [7, 11) is 0. The molecule has 1 aliphatic rings. The molecule has 1 rings (SSSR count). The highest BCUT2D eigenvalue weighted by molar-refractivity contribution is 5.80. The molecule has 1 fully saturated rings. The minimum Gasteiger partial charge on any atom is -0.481 e. The zero-order valence-electron chi connectivity index (χ0n) is 11.3. The van der Waals surface area contributed by atoms with Crippen LogP contribution < -0.4 is 5.32 Å². The Morgan fingerprint density at radius 1 is 1.22 bits per heavy atom. The van der Waals surface area contributed by atoms with Gasteiger partial charge in [-0.3, -0.25) is 9.59 Å². The lowest BCUT2D eigenvalue weighted by atomic mass is 10.0. The number of hydrogen-bond donors (Lipinski definition) is 2. The van der Waals surface area contributed by atoms with Gasteiger partial charge < -0.3 is 15.3 Å². The van der Waals surface area contributed by atoms with Crippen molar-refractivity contribution in [1.82, 2.24) is 10.2 Å². The monoisotopic (exact) mass is 256 g/mol. The quantitative estimate of drug-likeness (QED) is 0.711. The van der Waals surface area contributed by atoms with Crippen molar-refractivity contribution in [3.63, 3.8) is 0 Å². The Bertz CT molecular complexity index is 290. The molecule has 1 amide bonds. The van der Waals surface area contributed by atoms with Crippen LogP contribution in [0.25, 0.3) is 0 Å². The summed E-state index contributed by atoms with van der Waals surface area (Å²) in [4.78, 5) is 24.9. The Hall–Kier alpha value is -1.10. The summed E-state index contributed by atoms with van der Waals surface area (Å²) < 4.78 is 0. The molecule has 0 aliphatic heterocycles. The molecule has 5 nitrogen and oxygen atoms in total. The third-order valence-electron chi connectivity index (χ3n) is 3.77. The largest absolute Gasteiger partial charge is 0.481 e. The van der Waals surface area contributed by atoms with Crippen LogP contribution in [0.15, 0.2) is 0 Å². The van der Waals surface area contributed by atoms with E-state index >= 15 is 0 Å². The summed E-state index contributed by atoms with van der Waals surface area (Å²) in [5, 5.41) is 11.8. The normalized spacial score (nSPS) is 23.3. The Labute approximate surface area is 109 Å². The molecule has 0 saturated heterocycles. The van der Waals surface area contributed by atoms with Crippen molar-refractivity contribution in [2.45, 2.75) is 33.1 Å². The molecule has 0 aromatic heterocycles. The van der Waals surface area contributed by atoms with Crippen LogP contribution in [0.1, 0.15) is 33.1 Å². The number of carbonyl (C=O) groups is 2. The predicted octanol–water partition coefficient (Wildman–Crippen LogP) is 0.945. The van der Waals surface area contributed by atoms with E-state index in [1.165, 1.54) is 0 Å². The topological polar surface area (TPSA) is 69.6 Å². The molecule has 0 unspecified atom stereocenters. The van der Waals surface area contributed by atoms with E-state index in [2.05, 4.69) is 24.1 Å². The van der Waals surface area contributed by atoms with Gasteiger partial charge in [-0.05, 0) is 32.4 Å². The SMILES string of the molecule is CCN(CC)CCNC(=O)[C@@H]1CC[C@H](C(=O)O)C1. The van der Waals surface area contributed by atoms with Gasteiger partial charge in [-0.15, -0.1) is 0 Å². The van der Waals surface area contributed by atoms with Crippen molar-refractivity contribution >= 4 is 11.9 Å². The number of likely N-dealkylation sites (N-methyl/N-ethyl adjacent to an activating group) is 1. The van der Waals surface area contributed by atoms with Crippen LogP contribution in [-0.2, 0) is 9.59 Å². The molecular weight excluding hydrogens is 232 g/mol. The van der Waals surface area contributed by atoms with E-state index in [0.29, 0.717) is 25.8 Å². The van der Waals surface area contributed by atoms with E-state index in [1.54, 1.807) is 0 Å². The smallest absolute Gasteiger partial charge is 0.306 e. The lowest BCUT2D eigenvalue weighted by Crippen LogP contribution is -2.37. The zero-order chi connectivity index (χ0) is 13.5. The Balaban J connectivity index is 2.24. The van der Waals surface area contributed by atoms with Crippen molar-refractivity contribution in [3.05, 3.63) is 0 Å². The van der Waals surface area contributed by atoms with E-state index in [9.17, 15) is 9.59 Å². The fraction of sp³-hybridized carbons (Fsp3) is 0.846. The van der Waals surface area contributed by atoms with Crippen molar-refractivity contribution in [1.29, 1.82) is 0 Å². The molecule has 0 radical (unpaired) electrons. The average Bonchev–Trinajstić information content (AvgIpc) is 2.84. The lowest BCUT2D eigenvalue weighted by Gasteiger charge is -2.18.